The Morgan fingerprint density at radius 1 is 1.45 bits per heavy atom. The lowest BCUT2D eigenvalue weighted by Crippen LogP contribution is -2.42. The van der Waals surface area contributed by atoms with Crippen molar-refractivity contribution in [1.82, 2.24) is 14.9 Å². The number of H-pyrrole nitrogens is 1. The van der Waals surface area contributed by atoms with Gasteiger partial charge in [0.1, 0.15) is 5.82 Å². The first-order chi connectivity index (χ1) is 10.5. The van der Waals surface area contributed by atoms with Gasteiger partial charge in [0.25, 0.3) is 0 Å². The number of anilines is 1. The number of likely N-dealkylation sites (N-methyl/N-ethyl adjacent to an activating group) is 1. The van der Waals surface area contributed by atoms with E-state index in [2.05, 4.69) is 23.0 Å². The van der Waals surface area contributed by atoms with Crippen LogP contribution in [0.2, 0.25) is 0 Å². The van der Waals surface area contributed by atoms with E-state index in [0.29, 0.717) is 13.1 Å². The molecule has 116 valence electrons. The van der Waals surface area contributed by atoms with Crippen LogP contribution in [0.25, 0.3) is 0 Å². The molecule has 5 nitrogen and oxygen atoms in total. The van der Waals surface area contributed by atoms with E-state index in [0.717, 1.165) is 23.6 Å². The number of nitrogens with one attached hydrogen (secondary N) is 1. The predicted octanol–water partition coefficient (Wildman–Crippen LogP) is 2.13. The lowest BCUT2D eigenvalue weighted by molar-refractivity contribution is -0.119. The zero-order valence-electron chi connectivity index (χ0n) is 13.3. The maximum Gasteiger partial charge on any atom is 0.241 e. The Labute approximate surface area is 131 Å². The van der Waals surface area contributed by atoms with Gasteiger partial charge in [0, 0.05) is 23.6 Å². The average Bonchev–Trinajstić information content (AvgIpc) is 3.00. The molecule has 1 unspecified atom stereocenters. The predicted molar refractivity (Wildman–Crippen MR) is 86.8 cm³/mol. The van der Waals surface area contributed by atoms with E-state index in [4.69, 9.17) is 0 Å². The number of fused-ring (bicyclic) bond motifs is 1. The normalized spacial score (nSPS) is 17.1. The van der Waals surface area contributed by atoms with Gasteiger partial charge in [-0.1, -0.05) is 18.2 Å². The number of carbonyl (C=O) groups is 1. The largest absolute Gasteiger partial charge is 0.345 e. The number of nitrogens with zero attached hydrogens (tertiary/aromatic N) is 3. The monoisotopic (exact) mass is 298 g/mol. The number of imidazole rings is 1. The Balaban J connectivity index is 1.67. The van der Waals surface area contributed by atoms with Crippen LogP contribution in [0.15, 0.2) is 30.5 Å². The summed E-state index contributed by atoms with van der Waals surface area (Å²) in [5.41, 5.74) is 3.35. The van der Waals surface area contributed by atoms with Gasteiger partial charge >= 0.3 is 0 Å². The van der Waals surface area contributed by atoms with Gasteiger partial charge in [-0.25, -0.2) is 4.98 Å². The molecule has 0 radical (unpaired) electrons. The Kier molecular flexibility index (Phi) is 3.98. The first kappa shape index (κ1) is 14.8. The molecule has 1 atom stereocenters. The molecule has 3 rings (SSSR count). The maximum absolute atomic E-state index is 12.7. The third-order valence-electron chi connectivity index (χ3n) is 4.06. The van der Waals surface area contributed by atoms with Gasteiger partial charge in [0.15, 0.2) is 0 Å². The SMILES string of the molecule is Cc1cnc(CN(C)CC(=O)N2c3ccccc3CC2C)[nH]1. The zero-order chi connectivity index (χ0) is 15.7. The number of carbonyl (C=O) groups excluding carboxylic acids is 1. The molecule has 0 fully saturated rings. The molecule has 0 spiro atoms. The highest BCUT2D eigenvalue weighted by atomic mass is 16.2. The fourth-order valence-corrected chi connectivity index (χ4v) is 3.11. The summed E-state index contributed by atoms with van der Waals surface area (Å²) in [6.45, 7) is 5.11. The van der Waals surface area contributed by atoms with Gasteiger partial charge in [0.2, 0.25) is 5.91 Å². The minimum absolute atomic E-state index is 0.142. The summed E-state index contributed by atoms with van der Waals surface area (Å²) in [5.74, 6) is 1.03. The Hall–Kier alpha value is -2.14. The standard InChI is InChI=1S/C17H22N4O/c1-12-9-18-16(19-12)10-20(3)11-17(22)21-13(2)8-14-6-4-5-7-15(14)21/h4-7,9,13H,8,10-11H2,1-3H3,(H,18,19). The highest BCUT2D eigenvalue weighted by molar-refractivity contribution is 5.97. The maximum atomic E-state index is 12.7. The zero-order valence-corrected chi connectivity index (χ0v) is 13.3. The van der Waals surface area contributed by atoms with Crippen LogP contribution in [0.4, 0.5) is 5.69 Å². The second kappa shape index (κ2) is 5.93. The number of para-hydroxylation sites is 1. The van der Waals surface area contributed by atoms with Gasteiger partial charge in [0.05, 0.1) is 13.1 Å². The third-order valence-corrected chi connectivity index (χ3v) is 4.06. The van der Waals surface area contributed by atoms with E-state index in [1.165, 1.54) is 5.56 Å². The van der Waals surface area contributed by atoms with Gasteiger partial charge in [-0.15, -0.1) is 0 Å². The smallest absolute Gasteiger partial charge is 0.241 e. The van der Waals surface area contributed by atoms with Crippen molar-refractivity contribution in [2.45, 2.75) is 32.9 Å². The summed E-state index contributed by atoms with van der Waals surface area (Å²) in [6, 6.07) is 8.39. The highest BCUT2D eigenvalue weighted by Crippen LogP contribution is 2.31. The average molecular weight is 298 g/mol. The summed E-state index contributed by atoms with van der Waals surface area (Å²) >= 11 is 0. The van der Waals surface area contributed by atoms with Crippen molar-refractivity contribution >= 4 is 11.6 Å². The first-order valence-corrected chi connectivity index (χ1v) is 7.63. The number of amides is 1. The number of rotatable bonds is 4. The second-order valence-electron chi connectivity index (χ2n) is 6.13. The Bertz CT molecular complexity index is 679. The molecule has 0 saturated heterocycles. The molecule has 2 aromatic rings. The van der Waals surface area contributed by atoms with Crippen molar-refractivity contribution in [3.8, 4) is 0 Å². The van der Waals surface area contributed by atoms with Gasteiger partial charge in [-0.05, 0) is 38.9 Å². The van der Waals surface area contributed by atoms with Crippen molar-refractivity contribution in [2.75, 3.05) is 18.5 Å². The summed E-state index contributed by atoms with van der Waals surface area (Å²) in [7, 11) is 1.95. The molecule has 1 N–H and O–H groups in total. The molecule has 0 aliphatic carbocycles. The molecule has 1 aromatic heterocycles. The van der Waals surface area contributed by atoms with Crippen molar-refractivity contribution in [1.29, 1.82) is 0 Å². The topological polar surface area (TPSA) is 52.2 Å². The van der Waals surface area contributed by atoms with Crippen LogP contribution in [0.5, 0.6) is 0 Å². The molecular formula is C17H22N4O. The molecular weight excluding hydrogens is 276 g/mol. The van der Waals surface area contributed by atoms with Crippen molar-refractivity contribution in [3.05, 3.63) is 47.5 Å². The number of aryl methyl sites for hydroxylation is 1. The molecule has 1 aliphatic heterocycles. The van der Waals surface area contributed by atoms with E-state index in [-0.39, 0.29) is 11.9 Å². The molecule has 0 bridgehead atoms. The summed E-state index contributed by atoms with van der Waals surface area (Å²) in [6.07, 6.45) is 2.74. The fourth-order valence-electron chi connectivity index (χ4n) is 3.11. The van der Waals surface area contributed by atoms with Crippen molar-refractivity contribution in [3.63, 3.8) is 0 Å². The Morgan fingerprint density at radius 2 is 2.23 bits per heavy atom. The van der Waals surface area contributed by atoms with Crippen LogP contribution < -0.4 is 4.90 Å². The quantitative estimate of drug-likeness (QED) is 0.941. The van der Waals surface area contributed by atoms with E-state index in [9.17, 15) is 4.79 Å². The molecule has 0 saturated carbocycles. The summed E-state index contributed by atoms with van der Waals surface area (Å²) in [5, 5.41) is 0. The van der Waals surface area contributed by atoms with Crippen molar-refractivity contribution in [2.24, 2.45) is 0 Å². The van der Waals surface area contributed by atoms with E-state index >= 15 is 0 Å². The number of benzene rings is 1. The molecule has 1 amide bonds. The molecule has 22 heavy (non-hydrogen) atoms. The minimum atomic E-state index is 0.142. The summed E-state index contributed by atoms with van der Waals surface area (Å²) < 4.78 is 0. The van der Waals surface area contributed by atoms with Crippen LogP contribution in [-0.4, -0.2) is 40.4 Å². The number of aromatic amines is 1. The minimum Gasteiger partial charge on any atom is -0.345 e. The number of hydrogen-bond donors (Lipinski definition) is 1. The summed E-state index contributed by atoms with van der Waals surface area (Å²) in [4.78, 5) is 24.1. The van der Waals surface area contributed by atoms with Gasteiger partial charge < -0.3 is 9.88 Å². The second-order valence-corrected chi connectivity index (χ2v) is 6.13. The van der Waals surface area contributed by atoms with Crippen LogP contribution in [0, 0.1) is 6.92 Å². The van der Waals surface area contributed by atoms with Gasteiger partial charge in [-0.3, -0.25) is 9.69 Å². The van der Waals surface area contributed by atoms with E-state index in [1.807, 2.05) is 48.2 Å². The van der Waals surface area contributed by atoms with Crippen LogP contribution >= 0.6 is 0 Å². The van der Waals surface area contributed by atoms with E-state index in [1.54, 1.807) is 0 Å². The molecule has 2 heterocycles. The van der Waals surface area contributed by atoms with Crippen LogP contribution in [-0.2, 0) is 17.8 Å². The third kappa shape index (κ3) is 2.90. The molecule has 1 aliphatic rings. The van der Waals surface area contributed by atoms with Gasteiger partial charge in [-0.2, -0.15) is 0 Å². The first-order valence-electron chi connectivity index (χ1n) is 7.63. The number of hydrogen-bond acceptors (Lipinski definition) is 3. The lowest BCUT2D eigenvalue weighted by Gasteiger charge is -2.25. The van der Waals surface area contributed by atoms with Crippen LogP contribution in [0.3, 0.4) is 0 Å². The lowest BCUT2D eigenvalue weighted by atomic mass is 10.1. The van der Waals surface area contributed by atoms with E-state index < -0.39 is 0 Å². The van der Waals surface area contributed by atoms with Crippen LogP contribution in [0.1, 0.15) is 24.0 Å². The number of aromatic nitrogens is 2. The Morgan fingerprint density at radius 3 is 2.95 bits per heavy atom. The highest BCUT2D eigenvalue weighted by Gasteiger charge is 2.30. The molecule has 1 aromatic carbocycles. The molecule has 5 heteroatoms. The van der Waals surface area contributed by atoms with Crippen molar-refractivity contribution < 1.29 is 4.79 Å². The fraction of sp³-hybridized carbons (Fsp3) is 0.412.